The number of aromatic nitrogens is 2. The second-order valence-corrected chi connectivity index (χ2v) is 12.9. The van der Waals surface area contributed by atoms with Crippen molar-refractivity contribution in [3.63, 3.8) is 0 Å². The highest BCUT2D eigenvalue weighted by Gasteiger charge is 2.68. The summed E-state index contributed by atoms with van der Waals surface area (Å²) in [6.07, 6.45) is 7.63. The maximum absolute atomic E-state index is 13.6. The molecule has 2 aromatic rings. The monoisotopic (exact) mass is 536 g/mol. The van der Waals surface area contributed by atoms with Gasteiger partial charge in [-0.05, 0) is 74.3 Å². The summed E-state index contributed by atoms with van der Waals surface area (Å²) in [4.78, 5) is 44.4. The molecule has 0 aliphatic heterocycles. The van der Waals surface area contributed by atoms with Gasteiger partial charge in [0.05, 0.1) is 28.5 Å². The van der Waals surface area contributed by atoms with Crippen LogP contribution in [0, 0.1) is 28.6 Å². The number of allylic oxidation sites excluding steroid dienone is 4. The van der Waals surface area contributed by atoms with Gasteiger partial charge < -0.3 is 20.3 Å². The number of thioether (sulfide) groups is 1. The zero-order valence-corrected chi connectivity index (χ0v) is 22.3. The number of H-pyrrole nitrogens is 1. The Kier molecular flexibility index (Phi) is 5.79. The van der Waals surface area contributed by atoms with Crippen LogP contribution in [0.1, 0.15) is 56.3 Å². The van der Waals surface area contributed by atoms with Crippen LogP contribution in [0.15, 0.2) is 47.2 Å². The van der Waals surface area contributed by atoms with E-state index in [0.717, 1.165) is 24.8 Å². The first-order valence-corrected chi connectivity index (χ1v) is 14.2. The van der Waals surface area contributed by atoms with E-state index in [-0.39, 0.29) is 46.1 Å². The van der Waals surface area contributed by atoms with Crippen molar-refractivity contribution in [2.75, 3.05) is 5.75 Å². The molecule has 6 unspecified atom stereocenters. The van der Waals surface area contributed by atoms with Gasteiger partial charge in [0.1, 0.15) is 5.60 Å². The molecule has 9 heteroatoms. The lowest BCUT2D eigenvalue weighted by Crippen LogP contribution is -2.61. The van der Waals surface area contributed by atoms with E-state index >= 15 is 0 Å². The molecule has 4 aliphatic carbocycles. The van der Waals surface area contributed by atoms with Crippen molar-refractivity contribution < 1.29 is 29.7 Å². The average molecular weight is 537 g/mol. The van der Waals surface area contributed by atoms with Crippen molar-refractivity contribution in [1.29, 1.82) is 0 Å². The van der Waals surface area contributed by atoms with E-state index in [1.54, 1.807) is 18.2 Å². The van der Waals surface area contributed by atoms with E-state index in [1.807, 2.05) is 13.0 Å². The number of imidazole rings is 1. The average Bonchev–Trinajstić information content (AvgIpc) is 3.40. The molecular formula is C29H32N2O6S. The van der Waals surface area contributed by atoms with E-state index in [4.69, 9.17) is 0 Å². The molecule has 0 saturated heterocycles. The molecule has 1 aromatic heterocycles. The van der Waals surface area contributed by atoms with Crippen molar-refractivity contribution in [2.24, 2.45) is 28.6 Å². The van der Waals surface area contributed by atoms with Crippen molar-refractivity contribution in [1.82, 2.24) is 9.97 Å². The second-order valence-electron chi connectivity index (χ2n) is 11.9. The Morgan fingerprint density at radius 1 is 1.24 bits per heavy atom. The molecule has 0 spiro atoms. The number of rotatable bonds is 5. The summed E-state index contributed by atoms with van der Waals surface area (Å²) in [6, 6.07) is 4.62. The number of carbonyl (C=O) groups is 3. The third kappa shape index (κ3) is 3.58. The first-order chi connectivity index (χ1) is 18.0. The van der Waals surface area contributed by atoms with Gasteiger partial charge in [0.2, 0.25) is 0 Å². The molecule has 1 heterocycles. The predicted molar refractivity (Wildman–Crippen MR) is 142 cm³/mol. The lowest BCUT2D eigenvalue weighted by atomic mass is 9.46. The molecule has 4 aliphatic rings. The number of Topliss-reactive ketones (excluding diaryl/α,β-unsaturated/α-hetero) is 1. The second kappa shape index (κ2) is 8.63. The number of aliphatic hydroxyl groups is 2. The molecule has 3 fully saturated rings. The van der Waals surface area contributed by atoms with Crippen LogP contribution in [-0.4, -0.2) is 60.3 Å². The third-order valence-corrected chi connectivity index (χ3v) is 11.0. The Morgan fingerprint density at radius 3 is 2.79 bits per heavy atom. The van der Waals surface area contributed by atoms with Gasteiger partial charge in [-0.15, -0.1) is 0 Å². The smallest absolute Gasteiger partial charge is 0.335 e. The standard InChI is InChI=1S/C29H32N2O6S/c1-27-9-7-17(32)12-16(27)4-5-18-19-8-10-29(37,28(19,2)13-22(33)24(18)27)23(34)14-38-26-30-20-6-3-15(25(35)36)11-21(20)31-26/h3,6-7,9,11-12,18-19,22,24,33,37H,4-5,8,10,13-14H2,1-2H3,(H,30,31)(H,35,36)/t18?,19?,22?,24?,27?,28?,29-/m0/s1. The summed E-state index contributed by atoms with van der Waals surface area (Å²) in [6.45, 7) is 4.08. The number of aliphatic hydroxyl groups excluding tert-OH is 1. The van der Waals surface area contributed by atoms with Gasteiger partial charge in [0.15, 0.2) is 16.7 Å². The van der Waals surface area contributed by atoms with Gasteiger partial charge in [-0.1, -0.05) is 37.3 Å². The van der Waals surface area contributed by atoms with Crippen LogP contribution in [0.5, 0.6) is 0 Å². The zero-order chi connectivity index (χ0) is 27.0. The minimum Gasteiger partial charge on any atom is -0.478 e. The lowest BCUT2D eigenvalue weighted by molar-refractivity contribution is -0.174. The fraction of sp³-hybridized carbons (Fsp3) is 0.517. The number of carbonyl (C=O) groups excluding carboxylic acids is 2. The van der Waals surface area contributed by atoms with E-state index in [1.165, 1.54) is 23.9 Å². The number of aromatic amines is 1. The number of carboxylic acids is 1. The Labute approximate surface area is 224 Å². The summed E-state index contributed by atoms with van der Waals surface area (Å²) >= 11 is 1.20. The third-order valence-electron chi connectivity index (χ3n) is 10.2. The van der Waals surface area contributed by atoms with Crippen molar-refractivity contribution in [3.8, 4) is 0 Å². The first-order valence-electron chi connectivity index (χ1n) is 13.2. The van der Waals surface area contributed by atoms with Crippen LogP contribution in [0.3, 0.4) is 0 Å². The molecule has 8 nitrogen and oxygen atoms in total. The maximum atomic E-state index is 13.6. The summed E-state index contributed by atoms with van der Waals surface area (Å²) in [7, 11) is 0. The molecule has 38 heavy (non-hydrogen) atoms. The largest absolute Gasteiger partial charge is 0.478 e. The van der Waals surface area contributed by atoms with Gasteiger partial charge in [-0.25, -0.2) is 9.78 Å². The molecule has 200 valence electrons. The van der Waals surface area contributed by atoms with Crippen LogP contribution < -0.4 is 0 Å². The van der Waals surface area contributed by atoms with Crippen LogP contribution >= 0.6 is 11.8 Å². The highest BCUT2D eigenvalue weighted by Crippen LogP contribution is 2.67. The number of fused-ring (bicyclic) bond motifs is 6. The summed E-state index contributed by atoms with van der Waals surface area (Å²) in [5.41, 5.74) is -0.274. The van der Waals surface area contributed by atoms with E-state index in [2.05, 4.69) is 16.9 Å². The molecule has 0 bridgehead atoms. The first kappa shape index (κ1) is 25.5. The van der Waals surface area contributed by atoms with Crippen molar-refractivity contribution >= 4 is 40.3 Å². The molecule has 1 aromatic carbocycles. The number of benzene rings is 1. The molecule has 4 N–H and O–H groups in total. The number of nitrogens with one attached hydrogen (secondary N) is 1. The van der Waals surface area contributed by atoms with E-state index in [0.29, 0.717) is 29.0 Å². The Morgan fingerprint density at radius 2 is 2.03 bits per heavy atom. The maximum Gasteiger partial charge on any atom is 0.335 e. The Bertz CT molecular complexity index is 1430. The highest BCUT2D eigenvalue weighted by atomic mass is 32.2. The molecule has 0 radical (unpaired) electrons. The van der Waals surface area contributed by atoms with E-state index in [9.17, 15) is 29.7 Å². The van der Waals surface area contributed by atoms with Gasteiger partial charge in [-0.2, -0.15) is 0 Å². The zero-order valence-electron chi connectivity index (χ0n) is 21.4. The molecule has 0 amide bonds. The number of ketones is 2. The molecule has 3 saturated carbocycles. The Hall–Kier alpha value is -2.75. The summed E-state index contributed by atoms with van der Waals surface area (Å²) < 4.78 is 0. The van der Waals surface area contributed by atoms with E-state index < -0.39 is 23.1 Å². The minimum absolute atomic E-state index is 0.00354. The van der Waals surface area contributed by atoms with Gasteiger partial charge >= 0.3 is 5.97 Å². The number of nitrogens with zero attached hydrogens (tertiary/aromatic N) is 1. The van der Waals surface area contributed by atoms with Gasteiger partial charge in [0, 0.05) is 16.7 Å². The topological polar surface area (TPSA) is 141 Å². The predicted octanol–water partition coefficient (Wildman–Crippen LogP) is 3.93. The van der Waals surface area contributed by atoms with Crippen molar-refractivity contribution in [2.45, 2.75) is 62.8 Å². The minimum atomic E-state index is -1.55. The SMILES string of the molecule is CC12C=CC(=O)C=C1CCC1C2C(O)CC2(C)C1CC[C@]2(O)C(=O)CSc1nc2ccc(C(=O)O)cc2[nH]1. The molecular weight excluding hydrogens is 504 g/mol. The fourth-order valence-electron chi connectivity index (χ4n) is 8.23. The Balaban J connectivity index is 1.22. The van der Waals surface area contributed by atoms with Crippen LogP contribution in [-0.2, 0) is 9.59 Å². The van der Waals surface area contributed by atoms with Crippen molar-refractivity contribution in [3.05, 3.63) is 47.6 Å². The summed E-state index contributed by atoms with van der Waals surface area (Å²) in [5, 5.41) is 33.2. The fourth-order valence-corrected chi connectivity index (χ4v) is 9.08. The quantitative estimate of drug-likeness (QED) is 0.421. The summed E-state index contributed by atoms with van der Waals surface area (Å²) in [5.74, 6) is -1.09. The van der Waals surface area contributed by atoms with Crippen LogP contribution in [0.25, 0.3) is 11.0 Å². The molecule has 7 atom stereocenters. The number of hydrogen-bond acceptors (Lipinski definition) is 7. The lowest BCUT2D eigenvalue weighted by Gasteiger charge is -2.59. The number of carboxylic acid groups (broad SMARTS) is 1. The van der Waals surface area contributed by atoms with Gasteiger partial charge in [0.25, 0.3) is 0 Å². The normalized spacial score (nSPS) is 37.9. The highest BCUT2D eigenvalue weighted by molar-refractivity contribution is 7.99. The van der Waals surface area contributed by atoms with Crippen LogP contribution in [0.2, 0.25) is 0 Å². The number of aromatic carboxylic acids is 1. The van der Waals surface area contributed by atoms with Crippen LogP contribution in [0.4, 0.5) is 0 Å². The van der Waals surface area contributed by atoms with Gasteiger partial charge in [-0.3, -0.25) is 9.59 Å². The molecule has 6 rings (SSSR count). The number of hydrogen-bond donors (Lipinski definition) is 4.